The van der Waals surface area contributed by atoms with Crippen molar-refractivity contribution in [3.05, 3.63) is 56.5 Å². The largest absolute Gasteiger partial charge is 0.493 e. The van der Waals surface area contributed by atoms with E-state index in [1.54, 1.807) is 30.3 Å². The molecule has 0 unspecified atom stereocenters. The summed E-state index contributed by atoms with van der Waals surface area (Å²) < 4.78 is 10.3. The monoisotopic (exact) mass is 416 g/mol. The highest BCUT2D eigenvalue weighted by Crippen LogP contribution is 2.36. The maximum atomic E-state index is 10.6. The number of halogens is 3. The summed E-state index contributed by atoms with van der Waals surface area (Å²) in [5.41, 5.74) is 4.22. The summed E-state index contributed by atoms with van der Waals surface area (Å²) in [6.07, 6.45) is 1.53. The molecule has 6 nitrogen and oxygen atoms in total. The van der Waals surface area contributed by atoms with E-state index in [0.29, 0.717) is 27.9 Å². The second-order valence-corrected chi connectivity index (χ2v) is 6.23. The lowest BCUT2D eigenvalue weighted by molar-refractivity contribution is -0.139. The van der Waals surface area contributed by atoms with Gasteiger partial charge in [0.1, 0.15) is 0 Å². The number of rotatable bonds is 8. The average molecular weight is 418 g/mol. The van der Waals surface area contributed by atoms with Crippen molar-refractivity contribution in [2.24, 2.45) is 5.10 Å². The number of nitrogens with zero attached hydrogens (tertiary/aromatic N) is 1. The van der Waals surface area contributed by atoms with Crippen molar-refractivity contribution in [1.82, 2.24) is 5.43 Å². The molecule has 0 saturated heterocycles. The molecule has 2 aromatic rings. The van der Waals surface area contributed by atoms with Crippen LogP contribution in [0.2, 0.25) is 15.1 Å². The minimum absolute atomic E-state index is 0.157. The van der Waals surface area contributed by atoms with Crippen molar-refractivity contribution in [2.45, 2.75) is 6.54 Å². The smallest absolute Gasteiger partial charge is 0.341 e. The zero-order valence-corrected chi connectivity index (χ0v) is 15.9. The van der Waals surface area contributed by atoms with E-state index in [4.69, 9.17) is 49.4 Å². The van der Waals surface area contributed by atoms with Crippen LogP contribution in [0.1, 0.15) is 11.1 Å². The van der Waals surface area contributed by atoms with Crippen molar-refractivity contribution < 1.29 is 19.4 Å². The SMILES string of the molecule is COc1cc(/C=N\NCc2c(Cl)cccc2Cl)cc(Cl)c1OCC(=O)O. The second kappa shape index (κ2) is 9.52. The summed E-state index contributed by atoms with van der Waals surface area (Å²) in [5.74, 6) is -0.657. The van der Waals surface area contributed by atoms with Gasteiger partial charge < -0.3 is 20.0 Å². The van der Waals surface area contributed by atoms with Gasteiger partial charge in [-0.2, -0.15) is 5.10 Å². The fourth-order valence-corrected chi connectivity index (χ4v) is 2.84. The van der Waals surface area contributed by atoms with E-state index in [2.05, 4.69) is 10.5 Å². The highest BCUT2D eigenvalue weighted by Gasteiger charge is 2.13. The summed E-state index contributed by atoms with van der Waals surface area (Å²) in [6, 6.07) is 8.45. The average Bonchev–Trinajstić information content (AvgIpc) is 2.59. The van der Waals surface area contributed by atoms with E-state index < -0.39 is 12.6 Å². The maximum absolute atomic E-state index is 10.6. The molecule has 2 aromatic carbocycles. The summed E-state index contributed by atoms with van der Waals surface area (Å²) in [6.45, 7) is -0.177. The molecule has 0 aliphatic heterocycles. The van der Waals surface area contributed by atoms with Gasteiger partial charge in [0.2, 0.25) is 0 Å². The summed E-state index contributed by atoms with van der Waals surface area (Å²) in [7, 11) is 1.43. The Morgan fingerprint density at radius 1 is 1.23 bits per heavy atom. The van der Waals surface area contributed by atoms with Crippen LogP contribution >= 0.6 is 34.8 Å². The van der Waals surface area contributed by atoms with Gasteiger partial charge >= 0.3 is 5.97 Å². The number of benzene rings is 2. The fourth-order valence-electron chi connectivity index (χ4n) is 2.03. The highest BCUT2D eigenvalue weighted by molar-refractivity contribution is 6.36. The molecule has 0 aromatic heterocycles. The Hall–Kier alpha value is -2.15. The number of carbonyl (C=O) groups is 1. The molecule has 9 heteroatoms. The van der Waals surface area contributed by atoms with E-state index in [1.807, 2.05) is 0 Å². The fraction of sp³-hybridized carbons (Fsp3) is 0.176. The Kier molecular flexibility index (Phi) is 7.38. The standard InChI is InChI=1S/C17H15Cl3N2O4/c1-25-15-6-10(5-14(20)17(15)26-9-16(23)24)7-21-22-8-11-12(18)3-2-4-13(11)19/h2-7,22H,8-9H2,1H3,(H,23,24)/b21-7-. The van der Waals surface area contributed by atoms with Gasteiger partial charge in [-0.15, -0.1) is 0 Å². The topological polar surface area (TPSA) is 80.1 Å². The van der Waals surface area contributed by atoms with Crippen LogP contribution in [0.3, 0.4) is 0 Å². The van der Waals surface area contributed by atoms with Gasteiger partial charge in [-0.25, -0.2) is 4.79 Å². The third kappa shape index (κ3) is 5.42. The summed E-state index contributed by atoms with van der Waals surface area (Å²) in [4.78, 5) is 10.6. The first-order valence-corrected chi connectivity index (χ1v) is 8.46. The molecule has 0 amide bonds. The van der Waals surface area contributed by atoms with Crippen LogP contribution in [0.5, 0.6) is 11.5 Å². The normalized spacial score (nSPS) is 10.8. The van der Waals surface area contributed by atoms with E-state index in [1.165, 1.54) is 13.3 Å². The third-order valence-corrected chi connectivity index (χ3v) is 4.20. The number of hydrogen-bond acceptors (Lipinski definition) is 5. The first-order valence-electron chi connectivity index (χ1n) is 7.33. The molecule has 0 aliphatic carbocycles. The third-order valence-electron chi connectivity index (χ3n) is 3.21. The van der Waals surface area contributed by atoms with Crippen molar-refractivity contribution >= 4 is 47.0 Å². The maximum Gasteiger partial charge on any atom is 0.341 e. The molecule has 0 atom stereocenters. The van der Waals surface area contributed by atoms with Crippen molar-refractivity contribution in [2.75, 3.05) is 13.7 Å². The molecule has 0 radical (unpaired) electrons. The van der Waals surface area contributed by atoms with Gasteiger partial charge in [0, 0.05) is 15.6 Å². The lowest BCUT2D eigenvalue weighted by atomic mass is 10.2. The van der Waals surface area contributed by atoms with Crippen LogP contribution in [0.4, 0.5) is 0 Å². The predicted octanol–water partition coefficient (Wildman–Crippen LogP) is 4.24. The Morgan fingerprint density at radius 2 is 1.92 bits per heavy atom. The van der Waals surface area contributed by atoms with Crippen LogP contribution < -0.4 is 14.9 Å². The molecule has 0 heterocycles. The first kappa shape index (κ1) is 20.2. The molecule has 2 rings (SSSR count). The minimum atomic E-state index is -1.11. The van der Waals surface area contributed by atoms with Crippen molar-refractivity contribution in [3.63, 3.8) is 0 Å². The van der Waals surface area contributed by atoms with E-state index in [0.717, 1.165) is 5.56 Å². The lowest BCUT2D eigenvalue weighted by Gasteiger charge is -2.11. The van der Waals surface area contributed by atoms with Crippen LogP contribution in [0.25, 0.3) is 0 Å². The molecule has 138 valence electrons. The van der Waals surface area contributed by atoms with E-state index in [-0.39, 0.29) is 10.8 Å². The van der Waals surface area contributed by atoms with Crippen LogP contribution in [0.15, 0.2) is 35.4 Å². The van der Waals surface area contributed by atoms with Gasteiger partial charge in [0.15, 0.2) is 18.1 Å². The van der Waals surface area contributed by atoms with Crippen LogP contribution in [-0.2, 0) is 11.3 Å². The van der Waals surface area contributed by atoms with E-state index in [9.17, 15) is 4.79 Å². The predicted molar refractivity (Wildman–Crippen MR) is 102 cm³/mol. The van der Waals surface area contributed by atoms with E-state index >= 15 is 0 Å². The number of ether oxygens (including phenoxy) is 2. The number of carboxylic acids is 1. The number of carboxylic acid groups (broad SMARTS) is 1. The van der Waals surface area contributed by atoms with Gasteiger partial charge in [-0.05, 0) is 29.8 Å². The lowest BCUT2D eigenvalue weighted by Crippen LogP contribution is -2.10. The Bertz CT molecular complexity index is 808. The van der Waals surface area contributed by atoms with Gasteiger partial charge in [0.25, 0.3) is 0 Å². The molecular formula is C17H15Cl3N2O4. The van der Waals surface area contributed by atoms with Gasteiger partial charge in [0.05, 0.1) is 24.9 Å². The highest BCUT2D eigenvalue weighted by atomic mass is 35.5. The van der Waals surface area contributed by atoms with Crippen LogP contribution in [-0.4, -0.2) is 31.0 Å². The number of aliphatic carboxylic acids is 1. The number of nitrogens with one attached hydrogen (secondary N) is 1. The Morgan fingerprint density at radius 3 is 2.54 bits per heavy atom. The van der Waals surface area contributed by atoms with Gasteiger partial charge in [-0.3, -0.25) is 0 Å². The first-order chi connectivity index (χ1) is 12.4. The summed E-state index contributed by atoms with van der Waals surface area (Å²) >= 11 is 18.3. The van der Waals surface area contributed by atoms with Crippen molar-refractivity contribution in [3.8, 4) is 11.5 Å². The molecule has 0 saturated carbocycles. The molecule has 0 fully saturated rings. The Balaban J connectivity index is 2.08. The zero-order chi connectivity index (χ0) is 19.1. The zero-order valence-electron chi connectivity index (χ0n) is 13.6. The van der Waals surface area contributed by atoms with Crippen molar-refractivity contribution in [1.29, 1.82) is 0 Å². The Labute approximate surface area is 165 Å². The molecule has 0 spiro atoms. The molecule has 0 aliphatic rings. The molecule has 0 bridgehead atoms. The molecular weight excluding hydrogens is 403 g/mol. The summed E-state index contributed by atoms with van der Waals surface area (Å²) in [5, 5.41) is 14.1. The number of hydrogen-bond donors (Lipinski definition) is 2. The number of methoxy groups -OCH3 is 1. The molecule has 26 heavy (non-hydrogen) atoms. The van der Waals surface area contributed by atoms with Crippen LogP contribution in [0, 0.1) is 0 Å². The quantitative estimate of drug-likeness (QED) is 0.496. The molecule has 2 N–H and O–H groups in total. The van der Waals surface area contributed by atoms with Gasteiger partial charge in [-0.1, -0.05) is 40.9 Å². The minimum Gasteiger partial charge on any atom is -0.493 e. The second-order valence-electron chi connectivity index (χ2n) is 5.01. The number of hydrazone groups is 1.